The number of nitrogens with one attached hydrogen (secondary N) is 1. The largest absolute Gasteiger partial charge is 0.344 e. The Morgan fingerprint density at radius 2 is 2.24 bits per heavy atom. The lowest BCUT2D eigenvalue weighted by atomic mass is 9.96. The predicted octanol–water partition coefficient (Wildman–Crippen LogP) is 0.273. The first-order valence-corrected chi connectivity index (χ1v) is 5.73. The van der Waals surface area contributed by atoms with Crippen LogP contribution in [0.1, 0.15) is 33.1 Å². The second-order valence-electron chi connectivity index (χ2n) is 4.74. The van der Waals surface area contributed by atoms with Crippen molar-refractivity contribution in [3.05, 3.63) is 0 Å². The summed E-state index contributed by atoms with van der Waals surface area (Å²) in [7, 11) is 1.74. The zero-order chi connectivity index (χ0) is 12.3. The van der Waals surface area contributed by atoms with E-state index >= 15 is 0 Å². The number of nitrogens with two attached hydrogens (primary N) is 1. The van der Waals surface area contributed by atoms with Gasteiger partial charge in [0.15, 0.2) is 0 Å². The highest BCUT2D eigenvalue weighted by molar-refractivity contribution is 5.92. The zero-order valence-electron chi connectivity index (χ0n) is 10.7. The number of carbonyl (C=O) groups is 2. The molecule has 1 heterocycles. The van der Waals surface area contributed by atoms with Crippen LogP contribution in [0, 0.1) is 0 Å². The van der Waals surface area contributed by atoms with Gasteiger partial charge in [0.2, 0.25) is 11.8 Å². The number of nitrogens with zero attached hydrogens (tertiary/aromatic N) is 1. The van der Waals surface area contributed by atoms with Crippen LogP contribution in [-0.2, 0) is 9.59 Å². The van der Waals surface area contributed by atoms with Gasteiger partial charge in [0, 0.05) is 13.6 Å². The molecule has 5 nitrogen and oxygen atoms in total. The predicted molar refractivity (Wildman–Crippen MR) is 68.9 cm³/mol. The van der Waals surface area contributed by atoms with Crippen LogP contribution >= 0.6 is 12.4 Å². The Kier molecular flexibility index (Phi) is 5.92. The second-order valence-corrected chi connectivity index (χ2v) is 4.74. The van der Waals surface area contributed by atoms with Crippen molar-refractivity contribution in [2.24, 2.45) is 5.73 Å². The Hall–Kier alpha value is -0.810. The lowest BCUT2D eigenvalue weighted by Gasteiger charge is -2.24. The Labute approximate surface area is 109 Å². The van der Waals surface area contributed by atoms with Gasteiger partial charge in [-0.15, -0.1) is 12.4 Å². The van der Waals surface area contributed by atoms with Crippen molar-refractivity contribution in [3.63, 3.8) is 0 Å². The minimum atomic E-state index is -0.879. The molecule has 1 aliphatic heterocycles. The molecule has 1 rings (SSSR count). The summed E-state index contributed by atoms with van der Waals surface area (Å²) in [6.45, 7) is 4.38. The van der Waals surface area contributed by atoms with E-state index in [-0.39, 0.29) is 24.2 Å². The van der Waals surface area contributed by atoms with Crippen molar-refractivity contribution in [2.75, 3.05) is 13.6 Å². The second kappa shape index (κ2) is 6.21. The van der Waals surface area contributed by atoms with E-state index in [2.05, 4.69) is 5.32 Å². The Balaban J connectivity index is 0.00000256. The molecule has 2 amide bonds. The van der Waals surface area contributed by atoms with Crippen LogP contribution in [-0.4, -0.2) is 41.9 Å². The van der Waals surface area contributed by atoms with Crippen LogP contribution in [0.4, 0.5) is 0 Å². The van der Waals surface area contributed by atoms with E-state index in [1.165, 1.54) is 0 Å². The van der Waals surface area contributed by atoms with E-state index < -0.39 is 11.6 Å². The van der Waals surface area contributed by atoms with Crippen molar-refractivity contribution in [2.45, 2.75) is 44.7 Å². The van der Waals surface area contributed by atoms with Crippen molar-refractivity contribution in [1.29, 1.82) is 0 Å². The first-order valence-electron chi connectivity index (χ1n) is 5.73. The highest BCUT2D eigenvalue weighted by atomic mass is 35.5. The molecule has 1 saturated heterocycles. The highest BCUT2D eigenvalue weighted by Crippen LogP contribution is 2.12. The van der Waals surface area contributed by atoms with E-state index in [1.54, 1.807) is 18.9 Å². The Morgan fingerprint density at radius 3 is 2.65 bits per heavy atom. The fraction of sp³-hybridized carbons (Fsp3) is 0.818. The molecule has 0 aromatic rings. The number of likely N-dealkylation sites (tertiary alicyclic amines) is 1. The van der Waals surface area contributed by atoms with E-state index in [9.17, 15) is 9.59 Å². The maximum Gasteiger partial charge on any atom is 0.244 e. The van der Waals surface area contributed by atoms with E-state index in [4.69, 9.17) is 5.73 Å². The average molecular weight is 264 g/mol. The number of hydrogen-bond donors (Lipinski definition) is 2. The number of rotatable bonds is 4. The molecule has 0 radical (unpaired) electrons. The van der Waals surface area contributed by atoms with Gasteiger partial charge < -0.3 is 16.0 Å². The molecule has 100 valence electrons. The molecule has 3 N–H and O–H groups in total. The van der Waals surface area contributed by atoms with Gasteiger partial charge in [-0.3, -0.25) is 9.59 Å². The maximum absolute atomic E-state index is 11.9. The molecule has 0 aromatic carbocycles. The molecule has 0 aliphatic carbocycles. The smallest absolute Gasteiger partial charge is 0.244 e. The van der Waals surface area contributed by atoms with Crippen LogP contribution in [0.15, 0.2) is 0 Å². The van der Waals surface area contributed by atoms with Gasteiger partial charge in [-0.1, -0.05) is 13.3 Å². The molecular formula is C11H22ClN3O2. The Bertz CT molecular complexity index is 294. The van der Waals surface area contributed by atoms with E-state index in [1.807, 2.05) is 6.92 Å². The molecular weight excluding hydrogens is 242 g/mol. The van der Waals surface area contributed by atoms with Crippen LogP contribution < -0.4 is 11.1 Å². The summed E-state index contributed by atoms with van der Waals surface area (Å²) in [6.07, 6.45) is 2.14. The number of likely N-dealkylation sites (N-methyl/N-ethyl adjacent to an activating group) is 1. The van der Waals surface area contributed by atoms with Gasteiger partial charge in [-0.2, -0.15) is 0 Å². The molecule has 1 fully saturated rings. The number of amides is 2. The van der Waals surface area contributed by atoms with Crippen molar-refractivity contribution < 1.29 is 9.59 Å². The molecule has 0 aromatic heterocycles. The summed E-state index contributed by atoms with van der Waals surface area (Å²) in [5.74, 6) is -0.261. The summed E-state index contributed by atoms with van der Waals surface area (Å²) in [4.78, 5) is 25.1. The maximum atomic E-state index is 11.9. The third-order valence-electron chi connectivity index (χ3n) is 3.02. The summed E-state index contributed by atoms with van der Waals surface area (Å²) < 4.78 is 0. The molecule has 2 unspecified atom stereocenters. The van der Waals surface area contributed by atoms with Gasteiger partial charge in [0.1, 0.15) is 6.04 Å². The van der Waals surface area contributed by atoms with Crippen LogP contribution in [0.3, 0.4) is 0 Å². The first-order chi connectivity index (χ1) is 7.38. The minimum Gasteiger partial charge on any atom is -0.344 e. The quantitative estimate of drug-likeness (QED) is 0.765. The van der Waals surface area contributed by atoms with Crippen molar-refractivity contribution in [1.82, 2.24) is 10.2 Å². The van der Waals surface area contributed by atoms with Crippen LogP contribution in [0.5, 0.6) is 0 Å². The number of halogens is 1. The van der Waals surface area contributed by atoms with E-state index in [0.717, 1.165) is 6.42 Å². The standard InChI is InChI=1S/C11H21N3O2.ClH/c1-4-6-11(2,12)10(16)13-8-5-7-14(3)9(8)15;/h8H,4-7,12H2,1-3H3,(H,13,16);1H. The summed E-state index contributed by atoms with van der Waals surface area (Å²) in [6, 6.07) is -0.391. The van der Waals surface area contributed by atoms with Gasteiger partial charge in [-0.25, -0.2) is 0 Å². The minimum absolute atomic E-state index is 0. The number of carbonyl (C=O) groups excluding carboxylic acids is 2. The lowest BCUT2D eigenvalue weighted by molar-refractivity contribution is -0.133. The highest BCUT2D eigenvalue weighted by Gasteiger charge is 2.34. The third kappa shape index (κ3) is 3.85. The number of hydrogen-bond acceptors (Lipinski definition) is 3. The van der Waals surface area contributed by atoms with Gasteiger partial charge in [0.05, 0.1) is 5.54 Å². The Morgan fingerprint density at radius 1 is 1.65 bits per heavy atom. The third-order valence-corrected chi connectivity index (χ3v) is 3.02. The first kappa shape index (κ1) is 16.2. The lowest BCUT2D eigenvalue weighted by Crippen LogP contribution is -2.55. The molecule has 0 bridgehead atoms. The fourth-order valence-corrected chi connectivity index (χ4v) is 1.91. The summed E-state index contributed by atoms with van der Waals surface area (Å²) >= 11 is 0. The van der Waals surface area contributed by atoms with Crippen molar-refractivity contribution >= 4 is 24.2 Å². The van der Waals surface area contributed by atoms with Crippen LogP contribution in [0.25, 0.3) is 0 Å². The van der Waals surface area contributed by atoms with Crippen molar-refractivity contribution in [3.8, 4) is 0 Å². The SMILES string of the molecule is CCCC(C)(N)C(=O)NC1CCN(C)C1=O.Cl. The molecule has 17 heavy (non-hydrogen) atoms. The molecule has 0 spiro atoms. The average Bonchev–Trinajstić information content (AvgIpc) is 2.49. The zero-order valence-corrected chi connectivity index (χ0v) is 11.5. The molecule has 1 aliphatic rings. The van der Waals surface area contributed by atoms with Gasteiger partial charge in [-0.05, 0) is 19.8 Å². The normalized spacial score (nSPS) is 22.9. The molecule has 0 saturated carbocycles. The molecule has 2 atom stereocenters. The summed E-state index contributed by atoms with van der Waals surface area (Å²) in [5.41, 5.74) is 5.01. The summed E-state index contributed by atoms with van der Waals surface area (Å²) in [5, 5.41) is 2.73. The monoisotopic (exact) mass is 263 g/mol. The van der Waals surface area contributed by atoms with Gasteiger partial charge >= 0.3 is 0 Å². The fourth-order valence-electron chi connectivity index (χ4n) is 1.91. The van der Waals surface area contributed by atoms with Gasteiger partial charge in [0.25, 0.3) is 0 Å². The molecule has 6 heteroatoms. The van der Waals surface area contributed by atoms with E-state index in [0.29, 0.717) is 19.4 Å². The van der Waals surface area contributed by atoms with Crippen LogP contribution in [0.2, 0.25) is 0 Å². The topological polar surface area (TPSA) is 75.4 Å².